The highest BCUT2D eigenvalue weighted by Gasteiger charge is 2.30. The maximum absolute atomic E-state index is 12.8. The van der Waals surface area contributed by atoms with Crippen molar-refractivity contribution in [2.45, 2.75) is 25.1 Å². The second-order valence-corrected chi connectivity index (χ2v) is 8.21. The lowest BCUT2D eigenvalue weighted by Gasteiger charge is -2.27. The van der Waals surface area contributed by atoms with E-state index in [0.29, 0.717) is 47.0 Å². The largest absolute Gasteiger partial charge is 0.416 e. The van der Waals surface area contributed by atoms with Gasteiger partial charge in [0.05, 0.1) is 17.0 Å². The predicted molar refractivity (Wildman–Crippen MR) is 122 cm³/mol. The van der Waals surface area contributed by atoms with E-state index in [4.69, 9.17) is 10.8 Å². The van der Waals surface area contributed by atoms with E-state index in [0.717, 1.165) is 30.5 Å². The molecule has 0 radical (unpaired) electrons. The van der Waals surface area contributed by atoms with Gasteiger partial charge in [0.25, 0.3) is 0 Å². The molecular formula is C23H22F3N7O. The Bertz CT molecular complexity index is 1300. The fourth-order valence-corrected chi connectivity index (χ4v) is 4.17. The number of nitrogens with two attached hydrogens (primary N) is 1. The molecule has 1 fully saturated rings. The molecule has 0 amide bonds. The minimum Gasteiger partial charge on any atom is -0.383 e. The van der Waals surface area contributed by atoms with E-state index in [2.05, 4.69) is 15.3 Å². The molecule has 0 spiro atoms. The van der Waals surface area contributed by atoms with E-state index in [1.54, 1.807) is 0 Å². The van der Waals surface area contributed by atoms with Gasteiger partial charge in [-0.05, 0) is 49.2 Å². The summed E-state index contributed by atoms with van der Waals surface area (Å²) in [5, 5.41) is 19.6. The maximum atomic E-state index is 12.8. The number of anilines is 3. The molecule has 2 aromatic carbocycles. The first-order valence-electron chi connectivity index (χ1n) is 10.8. The van der Waals surface area contributed by atoms with Gasteiger partial charge in [-0.25, -0.2) is 14.6 Å². The maximum Gasteiger partial charge on any atom is 0.416 e. The summed E-state index contributed by atoms with van der Waals surface area (Å²) in [7, 11) is 0. The molecule has 5 rings (SSSR count). The van der Waals surface area contributed by atoms with Crippen LogP contribution in [0.25, 0.3) is 22.3 Å². The summed E-state index contributed by atoms with van der Waals surface area (Å²) in [6.07, 6.45) is -1.50. The van der Waals surface area contributed by atoms with Crippen LogP contribution in [0.5, 0.6) is 0 Å². The highest BCUT2D eigenvalue weighted by atomic mass is 19.4. The first-order chi connectivity index (χ1) is 16.3. The molecule has 34 heavy (non-hydrogen) atoms. The molecule has 2 aromatic heterocycles. The minimum absolute atomic E-state index is 0.0783. The van der Waals surface area contributed by atoms with Gasteiger partial charge in [0.15, 0.2) is 5.65 Å². The smallest absolute Gasteiger partial charge is 0.383 e. The van der Waals surface area contributed by atoms with Crippen LogP contribution in [0.15, 0.2) is 54.9 Å². The molecule has 0 unspecified atom stereocenters. The van der Waals surface area contributed by atoms with Crippen LogP contribution in [0.4, 0.5) is 30.4 Å². The van der Waals surface area contributed by atoms with Crippen molar-refractivity contribution in [2.75, 3.05) is 24.1 Å². The second-order valence-electron chi connectivity index (χ2n) is 8.21. The van der Waals surface area contributed by atoms with Gasteiger partial charge in [-0.2, -0.15) is 23.3 Å². The van der Waals surface area contributed by atoms with Crippen LogP contribution in [0.3, 0.4) is 0 Å². The Kier molecular flexibility index (Phi) is 5.58. The third-order valence-corrected chi connectivity index (χ3v) is 5.96. The van der Waals surface area contributed by atoms with E-state index in [-0.39, 0.29) is 6.04 Å². The highest BCUT2D eigenvalue weighted by molar-refractivity contribution is 5.98. The van der Waals surface area contributed by atoms with Crippen LogP contribution < -0.4 is 11.1 Å². The molecule has 11 heteroatoms. The van der Waals surface area contributed by atoms with Gasteiger partial charge in [0.2, 0.25) is 0 Å². The number of hydrogen-bond donors (Lipinski definition) is 3. The van der Waals surface area contributed by atoms with E-state index in [1.165, 1.54) is 23.5 Å². The minimum atomic E-state index is -4.37. The van der Waals surface area contributed by atoms with Crippen molar-refractivity contribution in [1.82, 2.24) is 24.8 Å². The molecule has 1 aliphatic rings. The average Bonchev–Trinajstić information content (AvgIpc) is 3.21. The summed E-state index contributed by atoms with van der Waals surface area (Å²) >= 11 is 0. The molecule has 1 aliphatic heterocycles. The number of benzene rings is 2. The van der Waals surface area contributed by atoms with Crippen LogP contribution in [-0.4, -0.2) is 43.1 Å². The summed E-state index contributed by atoms with van der Waals surface area (Å²) < 4.78 is 40.2. The van der Waals surface area contributed by atoms with Crippen LogP contribution in [-0.2, 0) is 6.18 Å². The van der Waals surface area contributed by atoms with Gasteiger partial charge in [-0.3, -0.25) is 0 Å². The molecule has 0 bridgehead atoms. The number of halogens is 3. The van der Waals surface area contributed by atoms with Gasteiger partial charge >= 0.3 is 6.18 Å². The summed E-state index contributed by atoms with van der Waals surface area (Å²) in [4.78, 5) is 8.56. The number of nitrogens with zero attached hydrogens (tertiary/aromatic N) is 5. The molecule has 1 saturated heterocycles. The van der Waals surface area contributed by atoms with Crippen molar-refractivity contribution in [3.63, 3.8) is 0 Å². The third-order valence-electron chi connectivity index (χ3n) is 5.96. The van der Waals surface area contributed by atoms with Gasteiger partial charge in [-0.1, -0.05) is 12.1 Å². The number of rotatable bonds is 4. The van der Waals surface area contributed by atoms with Crippen molar-refractivity contribution in [1.29, 1.82) is 0 Å². The number of aromatic nitrogens is 4. The Hall–Kier alpha value is -3.70. The van der Waals surface area contributed by atoms with Crippen molar-refractivity contribution >= 4 is 28.2 Å². The zero-order chi connectivity index (χ0) is 23.9. The zero-order valence-electron chi connectivity index (χ0n) is 18.0. The second kappa shape index (κ2) is 8.58. The molecule has 176 valence electrons. The average molecular weight is 469 g/mol. The number of fused-ring (bicyclic) bond motifs is 1. The van der Waals surface area contributed by atoms with Crippen LogP contribution in [0.2, 0.25) is 0 Å². The summed E-state index contributed by atoms with van der Waals surface area (Å²) in [5.41, 5.74) is 8.86. The monoisotopic (exact) mass is 469 g/mol. The van der Waals surface area contributed by atoms with E-state index >= 15 is 0 Å². The molecule has 4 N–H and O–H groups in total. The highest BCUT2D eigenvalue weighted by Crippen LogP contribution is 2.35. The Morgan fingerprint density at radius 2 is 1.56 bits per heavy atom. The molecule has 0 saturated carbocycles. The number of piperidine rings is 1. The quantitative estimate of drug-likeness (QED) is 0.392. The number of nitrogen functional groups attached to an aromatic ring is 1. The number of alkyl halides is 3. The van der Waals surface area contributed by atoms with Gasteiger partial charge in [0, 0.05) is 30.0 Å². The Labute approximate surface area is 192 Å². The first kappa shape index (κ1) is 22.1. The van der Waals surface area contributed by atoms with Crippen molar-refractivity contribution in [3.8, 4) is 11.3 Å². The summed E-state index contributed by atoms with van der Waals surface area (Å²) in [6, 6.07) is 12.3. The third kappa shape index (κ3) is 4.27. The van der Waals surface area contributed by atoms with Crippen molar-refractivity contribution < 1.29 is 18.4 Å². The van der Waals surface area contributed by atoms with Gasteiger partial charge in [-0.15, -0.1) is 0 Å². The summed E-state index contributed by atoms with van der Waals surface area (Å²) in [6.45, 7) is 1.10. The van der Waals surface area contributed by atoms with E-state index < -0.39 is 11.7 Å². The Morgan fingerprint density at radius 1 is 0.941 bits per heavy atom. The van der Waals surface area contributed by atoms with Gasteiger partial charge in [0.1, 0.15) is 17.8 Å². The number of hydroxylamine groups is 2. The standard InChI is InChI=1S/C23H22F3N7O/c24-23(25,26)15-3-7-17(8-4-15)30-16-5-1-14(2-6-16)20-19-21(27)28-13-29-22(19)33(31-20)18-9-11-32(34)12-10-18/h1-8,13,18,30,34H,9-12H2,(H2,27,28,29). The predicted octanol–water partition coefficient (Wildman–Crippen LogP) is 4.86. The Balaban J connectivity index is 1.43. The lowest BCUT2D eigenvalue weighted by molar-refractivity contribution is -0.137. The van der Waals surface area contributed by atoms with E-state index in [9.17, 15) is 18.4 Å². The van der Waals surface area contributed by atoms with Crippen molar-refractivity contribution in [3.05, 3.63) is 60.4 Å². The molecule has 0 aliphatic carbocycles. The summed E-state index contributed by atoms with van der Waals surface area (Å²) in [5.74, 6) is 0.331. The SMILES string of the molecule is Nc1ncnc2c1c(-c1ccc(Nc3ccc(C(F)(F)F)cc3)cc1)nn2C1CCN(O)CC1. The van der Waals surface area contributed by atoms with Crippen molar-refractivity contribution in [2.24, 2.45) is 0 Å². The lowest BCUT2D eigenvalue weighted by atomic mass is 10.1. The zero-order valence-corrected chi connectivity index (χ0v) is 18.0. The van der Waals surface area contributed by atoms with Crippen LogP contribution >= 0.6 is 0 Å². The Morgan fingerprint density at radius 3 is 2.18 bits per heavy atom. The van der Waals surface area contributed by atoms with Crippen LogP contribution in [0.1, 0.15) is 24.4 Å². The number of hydrogen-bond acceptors (Lipinski definition) is 7. The topological polar surface area (TPSA) is 105 Å². The van der Waals surface area contributed by atoms with Crippen LogP contribution in [0, 0.1) is 0 Å². The molecule has 4 aromatic rings. The normalized spacial score (nSPS) is 15.6. The fourth-order valence-electron chi connectivity index (χ4n) is 4.17. The molecule has 3 heterocycles. The molecule has 0 atom stereocenters. The molecular weight excluding hydrogens is 447 g/mol. The molecule has 8 nitrogen and oxygen atoms in total. The van der Waals surface area contributed by atoms with Gasteiger partial charge < -0.3 is 16.3 Å². The van der Waals surface area contributed by atoms with E-state index in [1.807, 2.05) is 28.9 Å². The lowest BCUT2D eigenvalue weighted by Crippen LogP contribution is -2.32. The fraction of sp³-hybridized carbons (Fsp3) is 0.261. The first-order valence-corrected chi connectivity index (χ1v) is 10.8. The number of nitrogens with one attached hydrogen (secondary N) is 1.